The van der Waals surface area contributed by atoms with E-state index in [0.717, 1.165) is 50.6 Å². The fourth-order valence-corrected chi connectivity index (χ4v) is 2.71. The van der Waals surface area contributed by atoms with Crippen LogP contribution in [-0.4, -0.2) is 49.3 Å². The van der Waals surface area contributed by atoms with Gasteiger partial charge in [0.15, 0.2) is 0 Å². The van der Waals surface area contributed by atoms with Crippen LogP contribution in [0.25, 0.3) is 0 Å². The van der Waals surface area contributed by atoms with Gasteiger partial charge in [-0.2, -0.15) is 5.10 Å². The molecule has 3 rings (SSSR count). The Morgan fingerprint density at radius 3 is 2.64 bits per heavy atom. The van der Waals surface area contributed by atoms with Crippen molar-refractivity contribution in [3.63, 3.8) is 0 Å². The van der Waals surface area contributed by atoms with Gasteiger partial charge >= 0.3 is 0 Å². The van der Waals surface area contributed by atoms with Crippen LogP contribution in [-0.2, 0) is 13.6 Å². The third-order valence-corrected chi connectivity index (χ3v) is 4.17. The van der Waals surface area contributed by atoms with Gasteiger partial charge in [-0.3, -0.25) is 14.6 Å². The number of likely N-dealkylation sites (tertiary alicyclic amines) is 1. The van der Waals surface area contributed by atoms with Crippen molar-refractivity contribution in [2.24, 2.45) is 13.0 Å². The highest BCUT2D eigenvalue weighted by atomic mass is 16.5. The van der Waals surface area contributed by atoms with Gasteiger partial charge in [0.2, 0.25) is 5.88 Å². The molecule has 0 saturated carbocycles. The third kappa shape index (κ3) is 3.59. The van der Waals surface area contributed by atoms with Gasteiger partial charge in [-0.25, -0.2) is 9.97 Å². The number of aryl methyl sites for hydroxylation is 2. The quantitative estimate of drug-likeness (QED) is 0.827. The summed E-state index contributed by atoms with van der Waals surface area (Å²) in [5.74, 6) is 2.26. The molecule has 118 valence electrons. The van der Waals surface area contributed by atoms with Crippen LogP contribution in [0.3, 0.4) is 0 Å². The van der Waals surface area contributed by atoms with Gasteiger partial charge in [-0.15, -0.1) is 0 Å². The molecule has 0 N–H and O–H groups in total. The van der Waals surface area contributed by atoms with Crippen LogP contribution in [0, 0.1) is 12.8 Å². The van der Waals surface area contributed by atoms with Crippen LogP contribution in [0.5, 0.6) is 5.88 Å². The second kappa shape index (κ2) is 6.83. The van der Waals surface area contributed by atoms with Gasteiger partial charge in [0.05, 0.1) is 18.8 Å². The summed E-state index contributed by atoms with van der Waals surface area (Å²) in [6, 6.07) is 0. The molecule has 0 aromatic carbocycles. The van der Waals surface area contributed by atoms with E-state index in [1.807, 2.05) is 18.7 Å². The highest BCUT2D eigenvalue weighted by Gasteiger charge is 2.21. The Kier molecular flexibility index (Phi) is 4.62. The summed E-state index contributed by atoms with van der Waals surface area (Å²) in [6.45, 7) is 5.65. The highest BCUT2D eigenvalue weighted by molar-refractivity contribution is 5.14. The molecule has 7 heteroatoms. The van der Waals surface area contributed by atoms with E-state index in [2.05, 4.69) is 25.0 Å². The van der Waals surface area contributed by atoms with E-state index in [0.29, 0.717) is 11.8 Å². The number of piperidine rings is 1. The first-order valence-corrected chi connectivity index (χ1v) is 7.68. The zero-order valence-electron chi connectivity index (χ0n) is 13.1. The number of rotatable bonds is 5. The first kappa shape index (κ1) is 14.9. The van der Waals surface area contributed by atoms with E-state index in [1.165, 1.54) is 0 Å². The van der Waals surface area contributed by atoms with Crippen LogP contribution in [0.1, 0.15) is 24.4 Å². The molecule has 1 aliphatic heterocycles. The van der Waals surface area contributed by atoms with E-state index in [9.17, 15) is 0 Å². The van der Waals surface area contributed by atoms with E-state index < -0.39 is 0 Å². The van der Waals surface area contributed by atoms with Gasteiger partial charge in [0, 0.05) is 19.4 Å². The van der Waals surface area contributed by atoms with Crippen LogP contribution in [0.4, 0.5) is 0 Å². The molecule has 2 aromatic rings. The van der Waals surface area contributed by atoms with Crippen molar-refractivity contribution in [3.8, 4) is 5.88 Å². The lowest BCUT2D eigenvalue weighted by atomic mass is 9.98. The van der Waals surface area contributed by atoms with Gasteiger partial charge in [0.1, 0.15) is 12.2 Å². The van der Waals surface area contributed by atoms with Gasteiger partial charge in [0.25, 0.3) is 0 Å². The standard InChI is InChI=1S/C15H22N6O/c1-12-15(17-6-5-16-12)22-10-13-3-7-21(8-4-13)9-14-18-11-19-20(14)2/h5-6,11,13H,3-4,7-10H2,1-2H3. The number of nitrogens with zero attached hydrogens (tertiary/aromatic N) is 6. The molecule has 3 heterocycles. The van der Waals surface area contributed by atoms with E-state index in [-0.39, 0.29) is 0 Å². The predicted octanol–water partition coefficient (Wildman–Crippen LogP) is 1.20. The number of aromatic nitrogens is 5. The Balaban J connectivity index is 1.44. The van der Waals surface area contributed by atoms with Crippen molar-refractivity contribution < 1.29 is 4.74 Å². The first-order chi connectivity index (χ1) is 10.7. The number of ether oxygens (including phenoxy) is 1. The van der Waals surface area contributed by atoms with E-state index in [1.54, 1.807) is 18.7 Å². The predicted molar refractivity (Wildman–Crippen MR) is 81.3 cm³/mol. The van der Waals surface area contributed by atoms with Crippen LogP contribution >= 0.6 is 0 Å². The fraction of sp³-hybridized carbons (Fsp3) is 0.600. The van der Waals surface area contributed by atoms with Crippen molar-refractivity contribution in [2.75, 3.05) is 19.7 Å². The zero-order chi connectivity index (χ0) is 15.4. The monoisotopic (exact) mass is 302 g/mol. The molecule has 0 aliphatic carbocycles. The highest BCUT2D eigenvalue weighted by Crippen LogP contribution is 2.20. The summed E-state index contributed by atoms with van der Waals surface area (Å²) in [5.41, 5.74) is 0.849. The molecule has 7 nitrogen and oxygen atoms in total. The van der Waals surface area contributed by atoms with Crippen molar-refractivity contribution in [1.29, 1.82) is 0 Å². The molecule has 0 atom stereocenters. The summed E-state index contributed by atoms with van der Waals surface area (Å²) in [4.78, 5) is 15.1. The molecule has 0 radical (unpaired) electrons. The van der Waals surface area contributed by atoms with Crippen molar-refractivity contribution >= 4 is 0 Å². The number of hydrogen-bond donors (Lipinski definition) is 0. The van der Waals surface area contributed by atoms with Gasteiger partial charge in [-0.1, -0.05) is 0 Å². The Morgan fingerprint density at radius 1 is 1.18 bits per heavy atom. The third-order valence-electron chi connectivity index (χ3n) is 4.17. The summed E-state index contributed by atoms with van der Waals surface area (Å²) >= 11 is 0. The topological polar surface area (TPSA) is 69.0 Å². The Bertz CT molecular complexity index is 606. The van der Waals surface area contributed by atoms with E-state index in [4.69, 9.17) is 4.74 Å². The van der Waals surface area contributed by atoms with E-state index >= 15 is 0 Å². The Hall–Kier alpha value is -2.02. The molecule has 1 saturated heterocycles. The first-order valence-electron chi connectivity index (χ1n) is 7.68. The minimum absolute atomic E-state index is 0.581. The summed E-state index contributed by atoms with van der Waals surface area (Å²) in [5, 5.41) is 4.11. The second-order valence-corrected chi connectivity index (χ2v) is 5.78. The average molecular weight is 302 g/mol. The normalized spacial score (nSPS) is 16.8. The summed E-state index contributed by atoms with van der Waals surface area (Å²) in [6.07, 6.45) is 7.24. The Morgan fingerprint density at radius 2 is 1.95 bits per heavy atom. The molecule has 0 unspecified atom stereocenters. The second-order valence-electron chi connectivity index (χ2n) is 5.78. The molecular formula is C15H22N6O. The lowest BCUT2D eigenvalue weighted by Gasteiger charge is -2.31. The smallest absolute Gasteiger partial charge is 0.235 e. The van der Waals surface area contributed by atoms with Crippen molar-refractivity contribution in [1.82, 2.24) is 29.6 Å². The SMILES string of the molecule is Cc1nccnc1OCC1CCN(Cc2ncnn2C)CC1. The molecule has 2 aromatic heterocycles. The number of hydrogen-bond acceptors (Lipinski definition) is 6. The van der Waals surface area contributed by atoms with Crippen LogP contribution in [0.15, 0.2) is 18.7 Å². The molecule has 1 aliphatic rings. The van der Waals surface area contributed by atoms with Crippen molar-refractivity contribution in [3.05, 3.63) is 30.2 Å². The van der Waals surface area contributed by atoms with Gasteiger partial charge < -0.3 is 4.74 Å². The molecule has 0 amide bonds. The lowest BCUT2D eigenvalue weighted by Crippen LogP contribution is -2.35. The van der Waals surface area contributed by atoms with Gasteiger partial charge in [-0.05, 0) is 38.8 Å². The maximum atomic E-state index is 5.82. The molecular weight excluding hydrogens is 280 g/mol. The minimum Gasteiger partial charge on any atom is -0.476 e. The molecule has 0 bridgehead atoms. The summed E-state index contributed by atoms with van der Waals surface area (Å²) in [7, 11) is 1.94. The fourth-order valence-electron chi connectivity index (χ4n) is 2.71. The summed E-state index contributed by atoms with van der Waals surface area (Å²) < 4.78 is 7.66. The maximum Gasteiger partial charge on any atom is 0.235 e. The molecule has 1 fully saturated rings. The Labute approximate surface area is 130 Å². The maximum absolute atomic E-state index is 5.82. The largest absolute Gasteiger partial charge is 0.476 e. The minimum atomic E-state index is 0.581. The average Bonchev–Trinajstić information content (AvgIpc) is 2.93. The van der Waals surface area contributed by atoms with Crippen LogP contribution in [0.2, 0.25) is 0 Å². The van der Waals surface area contributed by atoms with Crippen LogP contribution < -0.4 is 4.74 Å². The zero-order valence-corrected chi connectivity index (χ0v) is 13.1. The van der Waals surface area contributed by atoms with Crippen molar-refractivity contribution in [2.45, 2.75) is 26.3 Å². The molecule has 22 heavy (non-hydrogen) atoms. The lowest BCUT2D eigenvalue weighted by molar-refractivity contribution is 0.131. The molecule has 0 spiro atoms.